The highest BCUT2D eigenvalue weighted by Crippen LogP contribution is 2.21. The molecule has 2 N–H and O–H groups in total. The molecule has 0 aliphatic carbocycles. The molecule has 28 heavy (non-hydrogen) atoms. The lowest BCUT2D eigenvalue weighted by atomic mass is 10.2. The fourth-order valence-electron chi connectivity index (χ4n) is 2.70. The minimum absolute atomic E-state index is 0.223. The van der Waals surface area contributed by atoms with Gasteiger partial charge in [0, 0.05) is 16.1 Å². The summed E-state index contributed by atoms with van der Waals surface area (Å²) >= 11 is 5.85. The Morgan fingerprint density at radius 2 is 1.82 bits per heavy atom. The van der Waals surface area contributed by atoms with Gasteiger partial charge < -0.3 is 5.32 Å². The summed E-state index contributed by atoms with van der Waals surface area (Å²) in [7, 11) is 0. The van der Waals surface area contributed by atoms with Crippen molar-refractivity contribution in [2.75, 3.05) is 10.6 Å². The molecule has 2 amide bonds. The number of para-hydroxylation sites is 1. The van der Waals surface area contributed by atoms with Crippen LogP contribution in [-0.2, 0) is 0 Å². The van der Waals surface area contributed by atoms with Gasteiger partial charge in [-0.05, 0) is 42.5 Å². The van der Waals surface area contributed by atoms with Crippen molar-refractivity contribution in [1.29, 1.82) is 5.26 Å². The standard InChI is InChI=1S/C20H13ClN6O/c21-15-6-8-16(9-7-15)24-20(28)26-19-14(11-22)12-23-27(19)18-10-5-13-3-1-2-4-17(13)25-18/h1-10,12H,(H2,24,26,28). The van der Waals surface area contributed by atoms with Gasteiger partial charge in [0.1, 0.15) is 11.6 Å². The summed E-state index contributed by atoms with van der Waals surface area (Å²) in [6, 6.07) is 19.5. The first-order valence-electron chi connectivity index (χ1n) is 8.32. The van der Waals surface area contributed by atoms with Gasteiger partial charge in [-0.15, -0.1) is 0 Å². The minimum atomic E-state index is -0.513. The highest BCUT2D eigenvalue weighted by Gasteiger charge is 2.16. The van der Waals surface area contributed by atoms with Gasteiger partial charge in [-0.25, -0.2) is 9.78 Å². The van der Waals surface area contributed by atoms with Crippen molar-refractivity contribution in [3.8, 4) is 11.9 Å². The van der Waals surface area contributed by atoms with Crippen LogP contribution in [0.1, 0.15) is 5.56 Å². The molecule has 2 aromatic heterocycles. The van der Waals surface area contributed by atoms with E-state index in [1.165, 1.54) is 10.9 Å². The van der Waals surface area contributed by atoms with Crippen molar-refractivity contribution < 1.29 is 4.79 Å². The van der Waals surface area contributed by atoms with Crippen molar-refractivity contribution in [1.82, 2.24) is 14.8 Å². The number of halogens is 1. The van der Waals surface area contributed by atoms with Crippen LogP contribution in [0.3, 0.4) is 0 Å². The quantitative estimate of drug-likeness (QED) is 0.536. The van der Waals surface area contributed by atoms with E-state index in [0.717, 1.165) is 10.9 Å². The first-order chi connectivity index (χ1) is 13.6. The number of pyridine rings is 1. The largest absolute Gasteiger partial charge is 0.324 e. The van der Waals surface area contributed by atoms with Crippen LogP contribution in [0, 0.1) is 11.3 Å². The molecule has 136 valence electrons. The molecule has 0 unspecified atom stereocenters. The van der Waals surface area contributed by atoms with E-state index in [0.29, 0.717) is 16.5 Å². The van der Waals surface area contributed by atoms with Crippen LogP contribution in [-0.4, -0.2) is 20.8 Å². The molecule has 0 atom stereocenters. The smallest absolute Gasteiger partial charge is 0.308 e. The Morgan fingerprint density at radius 3 is 2.61 bits per heavy atom. The molecular weight excluding hydrogens is 376 g/mol. The topological polar surface area (TPSA) is 95.6 Å². The normalized spacial score (nSPS) is 10.4. The minimum Gasteiger partial charge on any atom is -0.308 e. The number of carbonyl (C=O) groups is 1. The second-order valence-electron chi connectivity index (χ2n) is 5.88. The third-order valence-electron chi connectivity index (χ3n) is 4.02. The summed E-state index contributed by atoms with van der Waals surface area (Å²) < 4.78 is 1.42. The number of hydrogen-bond donors (Lipinski definition) is 2. The predicted molar refractivity (Wildman–Crippen MR) is 108 cm³/mol. The molecule has 0 saturated heterocycles. The third kappa shape index (κ3) is 3.49. The van der Waals surface area contributed by atoms with Crippen molar-refractivity contribution in [2.24, 2.45) is 0 Å². The second-order valence-corrected chi connectivity index (χ2v) is 6.32. The zero-order chi connectivity index (χ0) is 19.5. The second kappa shape index (κ2) is 7.39. The van der Waals surface area contributed by atoms with Crippen molar-refractivity contribution in [2.45, 2.75) is 0 Å². The molecule has 0 fully saturated rings. The SMILES string of the molecule is N#Cc1cnn(-c2ccc3ccccc3n2)c1NC(=O)Nc1ccc(Cl)cc1. The van der Waals surface area contributed by atoms with E-state index in [1.54, 1.807) is 30.3 Å². The Bertz CT molecular complexity index is 1210. The van der Waals surface area contributed by atoms with E-state index in [1.807, 2.05) is 36.4 Å². The molecule has 8 heteroatoms. The van der Waals surface area contributed by atoms with Crippen LogP contribution in [0.2, 0.25) is 5.02 Å². The molecule has 0 spiro atoms. The number of hydrogen-bond acceptors (Lipinski definition) is 4. The Labute approximate surface area is 165 Å². The van der Waals surface area contributed by atoms with Gasteiger partial charge in [0.2, 0.25) is 0 Å². The van der Waals surface area contributed by atoms with E-state index in [2.05, 4.69) is 20.7 Å². The number of amides is 2. The molecule has 2 aromatic carbocycles. The van der Waals surface area contributed by atoms with Gasteiger partial charge in [-0.1, -0.05) is 29.8 Å². The van der Waals surface area contributed by atoms with E-state index < -0.39 is 6.03 Å². The summed E-state index contributed by atoms with van der Waals surface area (Å²) in [6.07, 6.45) is 1.38. The van der Waals surface area contributed by atoms with Crippen LogP contribution in [0.4, 0.5) is 16.3 Å². The maximum absolute atomic E-state index is 12.4. The fraction of sp³-hybridized carbons (Fsp3) is 0. The number of fused-ring (bicyclic) bond motifs is 1. The summed E-state index contributed by atoms with van der Waals surface area (Å²) in [5.74, 6) is 0.721. The van der Waals surface area contributed by atoms with E-state index in [4.69, 9.17) is 11.6 Å². The van der Waals surface area contributed by atoms with Gasteiger partial charge in [-0.3, -0.25) is 5.32 Å². The molecule has 0 aliphatic heterocycles. The van der Waals surface area contributed by atoms with Crippen molar-refractivity contribution >= 4 is 40.0 Å². The number of nitriles is 1. The van der Waals surface area contributed by atoms with Crippen LogP contribution in [0.15, 0.2) is 66.9 Å². The summed E-state index contributed by atoms with van der Waals surface area (Å²) in [5.41, 5.74) is 1.57. The summed E-state index contributed by atoms with van der Waals surface area (Å²) in [5, 5.41) is 20.5. The number of anilines is 2. The van der Waals surface area contributed by atoms with Gasteiger partial charge in [-0.2, -0.15) is 15.0 Å². The average molecular weight is 389 g/mol. The number of aromatic nitrogens is 3. The lowest BCUT2D eigenvalue weighted by Crippen LogP contribution is -2.22. The Hall–Kier alpha value is -3.89. The Balaban J connectivity index is 1.65. The first-order valence-corrected chi connectivity index (χ1v) is 8.70. The van der Waals surface area contributed by atoms with Crippen LogP contribution in [0.5, 0.6) is 0 Å². The maximum Gasteiger partial charge on any atom is 0.324 e. The molecule has 0 radical (unpaired) electrons. The van der Waals surface area contributed by atoms with E-state index in [-0.39, 0.29) is 11.4 Å². The molecule has 0 aliphatic rings. The van der Waals surface area contributed by atoms with Crippen LogP contribution < -0.4 is 10.6 Å². The van der Waals surface area contributed by atoms with Crippen LogP contribution >= 0.6 is 11.6 Å². The number of nitrogens with one attached hydrogen (secondary N) is 2. The number of rotatable bonds is 3. The van der Waals surface area contributed by atoms with Crippen LogP contribution in [0.25, 0.3) is 16.7 Å². The lowest BCUT2D eigenvalue weighted by Gasteiger charge is -2.11. The summed E-state index contributed by atoms with van der Waals surface area (Å²) in [4.78, 5) is 17.0. The maximum atomic E-state index is 12.4. The summed E-state index contributed by atoms with van der Waals surface area (Å²) in [6.45, 7) is 0. The average Bonchev–Trinajstić information content (AvgIpc) is 3.11. The molecule has 7 nitrogen and oxygen atoms in total. The van der Waals surface area contributed by atoms with Gasteiger partial charge in [0.25, 0.3) is 0 Å². The molecule has 4 aromatic rings. The van der Waals surface area contributed by atoms with E-state index in [9.17, 15) is 10.1 Å². The number of urea groups is 1. The lowest BCUT2D eigenvalue weighted by molar-refractivity contribution is 0.262. The zero-order valence-corrected chi connectivity index (χ0v) is 15.2. The molecule has 4 rings (SSSR count). The molecular formula is C20H13ClN6O. The van der Waals surface area contributed by atoms with Crippen molar-refractivity contribution in [3.63, 3.8) is 0 Å². The third-order valence-corrected chi connectivity index (χ3v) is 4.28. The van der Waals surface area contributed by atoms with Gasteiger partial charge in [0.15, 0.2) is 11.6 Å². The van der Waals surface area contributed by atoms with E-state index >= 15 is 0 Å². The Kier molecular flexibility index (Phi) is 4.62. The first kappa shape index (κ1) is 17.5. The Morgan fingerprint density at radius 1 is 1.04 bits per heavy atom. The monoisotopic (exact) mass is 388 g/mol. The zero-order valence-electron chi connectivity index (χ0n) is 14.4. The number of carbonyl (C=O) groups excluding carboxylic acids is 1. The molecule has 0 bridgehead atoms. The predicted octanol–water partition coefficient (Wildman–Crippen LogP) is 4.59. The highest BCUT2D eigenvalue weighted by molar-refractivity contribution is 6.30. The number of benzene rings is 2. The fourth-order valence-corrected chi connectivity index (χ4v) is 2.83. The molecule has 2 heterocycles. The van der Waals surface area contributed by atoms with Gasteiger partial charge in [0.05, 0.1) is 11.7 Å². The molecule has 0 saturated carbocycles. The highest BCUT2D eigenvalue weighted by atomic mass is 35.5. The van der Waals surface area contributed by atoms with Gasteiger partial charge >= 0.3 is 6.03 Å². The number of nitrogens with zero attached hydrogens (tertiary/aromatic N) is 4. The van der Waals surface area contributed by atoms with Crippen molar-refractivity contribution in [3.05, 3.63) is 77.4 Å².